The van der Waals surface area contributed by atoms with E-state index in [1.54, 1.807) is 5.38 Å². The molecule has 1 N–H and O–H groups in total. The molecule has 0 unspecified atom stereocenters. The third-order valence-corrected chi connectivity index (χ3v) is 3.90. The zero-order valence-corrected chi connectivity index (χ0v) is 13.9. The number of likely N-dealkylation sites (N-methyl/N-ethyl adjacent to an activating group) is 1. The highest BCUT2D eigenvalue weighted by Crippen LogP contribution is 2.19. The van der Waals surface area contributed by atoms with Crippen molar-refractivity contribution >= 4 is 17.2 Å². The topological polar surface area (TPSA) is 54.5 Å². The molecule has 6 heteroatoms. The molecular weight excluding hydrogens is 298 g/mol. The second-order valence-corrected chi connectivity index (χ2v) is 6.18. The van der Waals surface area contributed by atoms with Crippen molar-refractivity contribution in [3.8, 4) is 5.75 Å². The summed E-state index contributed by atoms with van der Waals surface area (Å²) in [5, 5.41) is 5.41. The Hall–Kier alpha value is -1.92. The second kappa shape index (κ2) is 7.91. The second-order valence-electron chi connectivity index (χ2n) is 5.24. The number of aromatic nitrogens is 1. The lowest BCUT2D eigenvalue weighted by molar-refractivity contribution is 0.0946. The maximum Gasteiger partial charge on any atom is 0.270 e. The lowest BCUT2D eigenvalue weighted by Crippen LogP contribution is -2.31. The van der Waals surface area contributed by atoms with Gasteiger partial charge in [0.15, 0.2) is 0 Å². The van der Waals surface area contributed by atoms with Crippen LogP contribution in [-0.4, -0.2) is 43.0 Å². The molecule has 0 saturated carbocycles. The standard InChI is InChI=1S/C16H21N3O2S/c1-12-6-4-5-7-14(12)21-10-15-18-13(11-22-15)16(20)17-8-9-19(2)3/h4-7,11H,8-10H2,1-3H3,(H,17,20). The molecule has 0 bridgehead atoms. The van der Waals surface area contributed by atoms with Crippen molar-refractivity contribution in [3.63, 3.8) is 0 Å². The molecule has 1 aromatic carbocycles. The van der Waals surface area contributed by atoms with Crippen LogP contribution in [0.4, 0.5) is 0 Å². The number of aryl methyl sites for hydroxylation is 1. The fourth-order valence-corrected chi connectivity index (χ4v) is 2.51. The average molecular weight is 319 g/mol. The number of nitrogens with zero attached hydrogens (tertiary/aromatic N) is 2. The van der Waals surface area contributed by atoms with E-state index in [4.69, 9.17) is 4.74 Å². The van der Waals surface area contributed by atoms with Crippen molar-refractivity contribution in [2.75, 3.05) is 27.2 Å². The maximum atomic E-state index is 11.9. The molecule has 5 nitrogen and oxygen atoms in total. The predicted octanol–water partition coefficient (Wildman–Crippen LogP) is 2.32. The van der Waals surface area contributed by atoms with E-state index in [2.05, 4.69) is 10.3 Å². The first-order valence-electron chi connectivity index (χ1n) is 7.12. The highest BCUT2D eigenvalue weighted by atomic mass is 32.1. The molecule has 0 saturated heterocycles. The van der Waals surface area contributed by atoms with Crippen molar-refractivity contribution in [2.24, 2.45) is 0 Å². The fourth-order valence-electron chi connectivity index (χ4n) is 1.82. The van der Waals surface area contributed by atoms with Crippen molar-refractivity contribution in [2.45, 2.75) is 13.5 Å². The highest BCUT2D eigenvalue weighted by Gasteiger charge is 2.11. The van der Waals surface area contributed by atoms with E-state index >= 15 is 0 Å². The number of para-hydroxylation sites is 1. The Labute approximate surface area is 134 Å². The van der Waals surface area contributed by atoms with Crippen LogP contribution in [0.5, 0.6) is 5.75 Å². The van der Waals surface area contributed by atoms with Crippen LogP contribution in [-0.2, 0) is 6.61 Å². The van der Waals surface area contributed by atoms with Gasteiger partial charge in [-0.3, -0.25) is 4.79 Å². The monoisotopic (exact) mass is 319 g/mol. The summed E-state index contributed by atoms with van der Waals surface area (Å²) >= 11 is 1.44. The van der Waals surface area contributed by atoms with E-state index in [-0.39, 0.29) is 5.91 Å². The zero-order chi connectivity index (χ0) is 15.9. The molecule has 2 aromatic rings. The van der Waals surface area contributed by atoms with Gasteiger partial charge in [0.25, 0.3) is 5.91 Å². The van der Waals surface area contributed by atoms with Gasteiger partial charge in [0.05, 0.1) is 0 Å². The summed E-state index contributed by atoms with van der Waals surface area (Å²) < 4.78 is 5.74. The van der Waals surface area contributed by atoms with Crippen molar-refractivity contribution < 1.29 is 9.53 Å². The Morgan fingerprint density at radius 3 is 2.86 bits per heavy atom. The Morgan fingerprint density at radius 2 is 2.14 bits per heavy atom. The Bertz CT molecular complexity index is 625. The summed E-state index contributed by atoms with van der Waals surface area (Å²) in [6.45, 7) is 3.79. The number of thiazole rings is 1. The molecule has 0 spiro atoms. The lowest BCUT2D eigenvalue weighted by atomic mass is 10.2. The van der Waals surface area contributed by atoms with Crippen LogP contribution in [0.1, 0.15) is 21.1 Å². The number of amides is 1. The number of carbonyl (C=O) groups is 1. The Kier molecular flexibility index (Phi) is 5.91. The average Bonchev–Trinajstić information content (AvgIpc) is 2.95. The van der Waals surface area contributed by atoms with Gasteiger partial charge >= 0.3 is 0 Å². The summed E-state index contributed by atoms with van der Waals surface area (Å²) in [5.74, 6) is 0.704. The van der Waals surface area contributed by atoms with E-state index in [1.165, 1.54) is 11.3 Å². The molecule has 1 amide bonds. The molecular formula is C16H21N3O2S. The molecule has 0 aliphatic heterocycles. The van der Waals surface area contributed by atoms with E-state index in [0.29, 0.717) is 18.8 Å². The number of ether oxygens (including phenoxy) is 1. The lowest BCUT2D eigenvalue weighted by Gasteiger charge is -2.09. The number of carbonyl (C=O) groups excluding carboxylic acids is 1. The molecule has 0 atom stereocenters. The third-order valence-electron chi connectivity index (χ3n) is 3.07. The molecule has 118 valence electrons. The predicted molar refractivity (Wildman–Crippen MR) is 88.5 cm³/mol. The first kappa shape index (κ1) is 16.5. The van der Waals surface area contributed by atoms with Crippen LogP contribution in [0.2, 0.25) is 0 Å². The van der Waals surface area contributed by atoms with Gasteiger partial charge in [0, 0.05) is 18.5 Å². The Balaban J connectivity index is 1.86. The molecule has 22 heavy (non-hydrogen) atoms. The summed E-state index contributed by atoms with van der Waals surface area (Å²) in [4.78, 5) is 18.3. The molecule has 1 heterocycles. The van der Waals surface area contributed by atoms with E-state index < -0.39 is 0 Å². The maximum absolute atomic E-state index is 11.9. The van der Waals surface area contributed by atoms with Crippen LogP contribution in [0, 0.1) is 6.92 Å². The van der Waals surface area contributed by atoms with Gasteiger partial charge in [-0.15, -0.1) is 11.3 Å². The quantitative estimate of drug-likeness (QED) is 0.851. The number of benzene rings is 1. The number of nitrogens with one attached hydrogen (secondary N) is 1. The van der Waals surface area contributed by atoms with Gasteiger partial charge in [0.2, 0.25) is 0 Å². The SMILES string of the molecule is Cc1ccccc1OCc1nc(C(=O)NCCN(C)C)cs1. The summed E-state index contributed by atoms with van der Waals surface area (Å²) in [6, 6.07) is 7.84. The van der Waals surface area contributed by atoms with E-state index in [1.807, 2.05) is 50.2 Å². The molecule has 0 aliphatic rings. The van der Waals surface area contributed by atoms with E-state index in [9.17, 15) is 4.79 Å². The van der Waals surface area contributed by atoms with E-state index in [0.717, 1.165) is 22.9 Å². The zero-order valence-electron chi connectivity index (χ0n) is 13.1. The minimum atomic E-state index is -0.139. The molecule has 2 rings (SSSR count). The fraction of sp³-hybridized carbons (Fsp3) is 0.375. The normalized spacial score (nSPS) is 10.7. The van der Waals surface area contributed by atoms with Crippen molar-refractivity contribution in [1.29, 1.82) is 0 Å². The molecule has 0 radical (unpaired) electrons. The van der Waals surface area contributed by atoms with Gasteiger partial charge in [-0.05, 0) is 32.6 Å². The first-order chi connectivity index (χ1) is 10.6. The van der Waals surface area contributed by atoms with Crippen LogP contribution in [0.25, 0.3) is 0 Å². The van der Waals surface area contributed by atoms with Gasteiger partial charge in [-0.1, -0.05) is 18.2 Å². The number of rotatable bonds is 7. The van der Waals surface area contributed by atoms with Gasteiger partial charge in [0.1, 0.15) is 23.1 Å². The molecule has 1 aromatic heterocycles. The minimum Gasteiger partial charge on any atom is -0.486 e. The third kappa shape index (κ3) is 4.82. The van der Waals surface area contributed by atoms with Crippen LogP contribution in [0.3, 0.4) is 0 Å². The summed E-state index contributed by atoms with van der Waals surface area (Å²) in [6.07, 6.45) is 0. The molecule has 0 aliphatic carbocycles. The highest BCUT2D eigenvalue weighted by molar-refractivity contribution is 7.09. The van der Waals surface area contributed by atoms with Gasteiger partial charge in [-0.2, -0.15) is 0 Å². The largest absolute Gasteiger partial charge is 0.486 e. The summed E-state index contributed by atoms with van der Waals surface area (Å²) in [7, 11) is 3.94. The Morgan fingerprint density at radius 1 is 1.36 bits per heavy atom. The van der Waals surface area contributed by atoms with Crippen LogP contribution >= 0.6 is 11.3 Å². The van der Waals surface area contributed by atoms with Gasteiger partial charge < -0.3 is 15.0 Å². The van der Waals surface area contributed by atoms with Crippen LogP contribution in [0.15, 0.2) is 29.6 Å². The smallest absolute Gasteiger partial charge is 0.270 e. The first-order valence-corrected chi connectivity index (χ1v) is 8.00. The van der Waals surface area contributed by atoms with Gasteiger partial charge in [-0.25, -0.2) is 4.98 Å². The minimum absolute atomic E-state index is 0.139. The number of hydrogen-bond acceptors (Lipinski definition) is 5. The van der Waals surface area contributed by atoms with Crippen molar-refractivity contribution in [3.05, 3.63) is 45.9 Å². The van der Waals surface area contributed by atoms with Crippen LogP contribution < -0.4 is 10.1 Å². The molecule has 0 fully saturated rings. The number of hydrogen-bond donors (Lipinski definition) is 1. The van der Waals surface area contributed by atoms with Crippen molar-refractivity contribution in [1.82, 2.24) is 15.2 Å². The summed E-state index contributed by atoms with van der Waals surface area (Å²) in [5.41, 5.74) is 1.54.